The van der Waals surface area contributed by atoms with Gasteiger partial charge in [-0.05, 0) is 41.1 Å². The number of hydrogen-bond acceptors (Lipinski definition) is 4. The molecule has 1 heterocycles. The van der Waals surface area contributed by atoms with Crippen molar-refractivity contribution >= 4 is 31.4 Å². The lowest BCUT2D eigenvalue weighted by Gasteiger charge is -2.12. The molecule has 0 saturated carbocycles. The molecule has 2 N–H and O–H groups in total. The molecule has 1 aromatic heterocycles. The van der Waals surface area contributed by atoms with E-state index in [1.165, 1.54) is 23.5 Å². The van der Waals surface area contributed by atoms with Crippen molar-refractivity contribution in [2.45, 2.75) is 11.0 Å². The molecule has 2 aromatic carbocycles. The van der Waals surface area contributed by atoms with Crippen molar-refractivity contribution in [3.63, 3.8) is 0 Å². The summed E-state index contributed by atoms with van der Waals surface area (Å²) in [7, 11) is -3.79. The Morgan fingerprint density at radius 1 is 1.13 bits per heavy atom. The molecule has 1 atom stereocenters. The fraction of sp³-hybridized carbons (Fsp3) is 0.125. The van der Waals surface area contributed by atoms with E-state index in [0.29, 0.717) is 5.56 Å². The van der Waals surface area contributed by atoms with Gasteiger partial charge in [0, 0.05) is 16.8 Å². The molecule has 0 saturated heterocycles. The van der Waals surface area contributed by atoms with Crippen LogP contribution in [0.4, 0.5) is 4.39 Å². The summed E-state index contributed by atoms with van der Waals surface area (Å²) in [6.45, 7) is -0.152. The van der Waals surface area contributed by atoms with Crippen molar-refractivity contribution < 1.29 is 17.9 Å². The standard InChI is InChI=1S/C16H14FNO3S2/c17-11-5-7-12(8-6-11)23(20,21)18-9-15(19)14-10-22-16-4-2-1-3-13(14)16/h1-8,10,15,18-19H,9H2. The van der Waals surface area contributed by atoms with Crippen molar-refractivity contribution in [1.29, 1.82) is 0 Å². The molecule has 7 heteroatoms. The molecule has 0 radical (unpaired) electrons. The molecule has 0 aliphatic carbocycles. The van der Waals surface area contributed by atoms with Crippen LogP contribution in [-0.4, -0.2) is 20.1 Å². The Morgan fingerprint density at radius 2 is 1.83 bits per heavy atom. The first-order valence-corrected chi connectivity index (χ1v) is 9.23. The lowest BCUT2D eigenvalue weighted by atomic mass is 10.1. The molecule has 4 nitrogen and oxygen atoms in total. The van der Waals surface area contributed by atoms with Crippen LogP contribution in [-0.2, 0) is 10.0 Å². The summed E-state index contributed by atoms with van der Waals surface area (Å²) in [5, 5.41) is 13.0. The topological polar surface area (TPSA) is 66.4 Å². The molecule has 3 rings (SSSR count). The third kappa shape index (κ3) is 3.42. The second-order valence-electron chi connectivity index (χ2n) is 5.01. The molecule has 0 spiro atoms. The van der Waals surface area contributed by atoms with Gasteiger partial charge in [-0.1, -0.05) is 18.2 Å². The van der Waals surface area contributed by atoms with Crippen molar-refractivity contribution in [3.05, 3.63) is 65.3 Å². The Balaban J connectivity index is 1.76. The van der Waals surface area contributed by atoms with E-state index in [9.17, 15) is 17.9 Å². The Bertz CT molecular complexity index is 920. The van der Waals surface area contributed by atoms with Gasteiger partial charge in [-0.25, -0.2) is 17.5 Å². The quantitative estimate of drug-likeness (QED) is 0.742. The molecule has 0 aliphatic rings. The zero-order chi connectivity index (χ0) is 16.4. The van der Waals surface area contributed by atoms with E-state index in [1.54, 1.807) is 0 Å². The largest absolute Gasteiger partial charge is 0.387 e. The van der Waals surface area contributed by atoms with Crippen LogP contribution in [0.3, 0.4) is 0 Å². The SMILES string of the molecule is O=S(=O)(NCC(O)c1csc2ccccc12)c1ccc(F)cc1. The smallest absolute Gasteiger partial charge is 0.240 e. The molecule has 120 valence electrons. The number of aliphatic hydroxyl groups excluding tert-OH is 1. The van der Waals surface area contributed by atoms with Crippen LogP contribution in [0.15, 0.2) is 58.8 Å². The Hall–Kier alpha value is -1.80. The zero-order valence-electron chi connectivity index (χ0n) is 11.9. The lowest BCUT2D eigenvalue weighted by molar-refractivity contribution is 0.184. The van der Waals surface area contributed by atoms with Gasteiger partial charge in [-0.15, -0.1) is 11.3 Å². The van der Waals surface area contributed by atoms with E-state index in [4.69, 9.17) is 0 Å². The number of thiophene rings is 1. The van der Waals surface area contributed by atoms with Crippen LogP contribution in [0.25, 0.3) is 10.1 Å². The predicted octanol–water partition coefficient (Wildman–Crippen LogP) is 3.05. The number of hydrogen-bond donors (Lipinski definition) is 2. The third-order valence-corrected chi connectivity index (χ3v) is 5.88. The van der Waals surface area contributed by atoms with Gasteiger partial charge in [0.25, 0.3) is 0 Å². The highest BCUT2D eigenvalue weighted by Crippen LogP contribution is 2.30. The molecule has 3 aromatic rings. The van der Waals surface area contributed by atoms with Gasteiger partial charge in [-0.3, -0.25) is 0 Å². The van der Waals surface area contributed by atoms with Crippen molar-refractivity contribution in [1.82, 2.24) is 4.72 Å². The van der Waals surface area contributed by atoms with Gasteiger partial charge >= 0.3 is 0 Å². The van der Waals surface area contributed by atoms with Gasteiger partial charge < -0.3 is 5.11 Å². The molecular formula is C16H14FNO3S2. The summed E-state index contributed by atoms with van der Waals surface area (Å²) < 4.78 is 40.5. The minimum Gasteiger partial charge on any atom is -0.387 e. The molecule has 0 fully saturated rings. The van der Waals surface area contributed by atoms with Crippen LogP contribution < -0.4 is 4.72 Å². The lowest BCUT2D eigenvalue weighted by Crippen LogP contribution is -2.28. The van der Waals surface area contributed by atoms with E-state index in [2.05, 4.69) is 4.72 Å². The third-order valence-electron chi connectivity index (χ3n) is 3.46. The van der Waals surface area contributed by atoms with Crippen LogP contribution in [0.2, 0.25) is 0 Å². The first-order chi connectivity index (χ1) is 11.0. The monoisotopic (exact) mass is 351 g/mol. The minimum atomic E-state index is -3.79. The summed E-state index contributed by atoms with van der Waals surface area (Å²) in [5.74, 6) is -0.506. The normalized spacial score (nSPS) is 13.3. The summed E-state index contributed by atoms with van der Waals surface area (Å²) >= 11 is 1.49. The number of aliphatic hydroxyl groups is 1. The van der Waals surface area contributed by atoms with Gasteiger partial charge in [0.15, 0.2) is 0 Å². The molecule has 23 heavy (non-hydrogen) atoms. The van der Waals surface area contributed by atoms with E-state index in [1.807, 2.05) is 29.6 Å². The van der Waals surface area contributed by atoms with Gasteiger partial charge in [0.1, 0.15) is 5.82 Å². The van der Waals surface area contributed by atoms with E-state index >= 15 is 0 Å². The van der Waals surface area contributed by atoms with E-state index in [-0.39, 0.29) is 11.4 Å². The van der Waals surface area contributed by atoms with Gasteiger partial charge in [0.2, 0.25) is 10.0 Å². The highest BCUT2D eigenvalue weighted by molar-refractivity contribution is 7.89. The fourth-order valence-electron chi connectivity index (χ4n) is 2.25. The maximum absolute atomic E-state index is 12.9. The zero-order valence-corrected chi connectivity index (χ0v) is 13.6. The number of fused-ring (bicyclic) bond motifs is 1. The highest BCUT2D eigenvalue weighted by atomic mass is 32.2. The molecular weight excluding hydrogens is 337 g/mol. The Labute approximate surface area is 137 Å². The Kier molecular flexibility index (Phi) is 4.45. The number of benzene rings is 2. The van der Waals surface area contributed by atoms with Gasteiger partial charge in [0.05, 0.1) is 11.0 Å². The number of rotatable bonds is 5. The second-order valence-corrected chi connectivity index (χ2v) is 7.69. The number of halogens is 1. The maximum atomic E-state index is 12.9. The Morgan fingerprint density at radius 3 is 2.57 bits per heavy atom. The van der Waals surface area contributed by atoms with E-state index in [0.717, 1.165) is 22.2 Å². The molecule has 0 amide bonds. The fourth-order valence-corrected chi connectivity index (χ4v) is 4.30. The van der Waals surface area contributed by atoms with E-state index < -0.39 is 21.9 Å². The first-order valence-electron chi connectivity index (χ1n) is 6.87. The average molecular weight is 351 g/mol. The molecule has 0 bridgehead atoms. The van der Waals surface area contributed by atoms with Crippen LogP contribution in [0.1, 0.15) is 11.7 Å². The van der Waals surface area contributed by atoms with Crippen LogP contribution >= 0.6 is 11.3 Å². The predicted molar refractivity (Wildman–Crippen MR) is 88.4 cm³/mol. The van der Waals surface area contributed by atoms with Crippen molar-refractivity contribution in [2.75, 3.05) is 6.54 Å². The van der Waals surface area contributed by atoms with Crippen LogP contribution in [0.5, 0.6) is 0 Å². The van der Waals surface area contributed by atoms with Crippen LogP contribution in [0, 0.1) is 5.82 Å². The summed E-state index contributed by atoms with van der Waals surface area (Å²) in [6.07, 6.45) is -0.957. The van der Waals surface area contributed by atoms with Crippen molar-refractivity contribution in [2.24, 2.45) is 0 Å². The maximum Gasteiger partial charge on any atom is 0.240 e. The average Bonchev–Trinajstić information content (AvgIpc) is 2.97. The minimum absolute atomic E-state index is 0.0405. The highest BCUT2D eigenvalue weighted by Gasteiger charge is 2.18. The summed E-state index contributed by atoms with van der Waals surface area (Å²) in [6, 6.07) is 12.1. The summed E-state index contributed by atoms with van der Waals surface area (Å²) in [4.78, 5) is -0.0405. The molecule has 0 aliphatic heterocycles. The number of nitrogens with one attached hydrogen (secondary N) is 1. The number of sulfonamides is 1. The van der Waals surface area contributed by atoms with Gasteiger partial charge in [-0.2, -0.15) is 0 Å². The van der Waals surface area contributed by atoms with Crippen molar-refractivity contribution in [3.8, 4) is 0 Å². The first kappa shape index (κ1) is 16.1. The second kappa shape index (κ2) is 6.37. The summed E-state index contributed by atoms with van der Waals surface area (Å²) in [5.41, 5.74) is 0.687. The molecule has 1 unspecified atom stereocenters.